The Morgan fingerprint density at radius 1 is 1.00 bits per heavy atom. The third kappa shape index (κ3) is 3.08. The average Bonchev–Trinajstić information content (AvgIpc) is 2.55. The lowest BCUT2D eigenvalue weighted by atomic mass is 10.1. The summed E-state index contributed by atoms with van der Waals surface area (Å²) in [5, 5.41) is -0.864. The molecule has 118 valence electrons. The number of sulfone groups is 1. The Kier molecular flexibility index (Phi) is 5.05. The van der Waals surface area contributed by atoms with Gasteiger partial charge < -0.3 is 15.2 Å². The summed E-state index contributed by atoms with van der Waals surface area (Å²) in [6, 6.07) is 13.3. The molecule has 0 bridgehead atoms. The fraction of sp³-hybridized carbons (Fsp3) is 0.250. The maximum absolute atomic E-state index is 12.9. The van der Waals surface area contributed by atoms with Crippen molar-refractivity contribution in [1.82, 2.24) is 0 Å². The lowest BCUT2D eigenvalue weighted by Gasteiger charge is -2.19. The number of benzene rings is 2. The van der Waals surface area contributed by atoms with E-state index in [4.69, 9.17) is 15.2 Å². The van der Waals surface area contributed by atoms with Crippen LogP contribution in [0.2, 0.25) is 0 Å². The summed E-state index contributed by atoms with van der Waals surface area (Å²) in [6.07, 6.45) is 0. The van der Waals surface area contributed by atoms with Crippen molar-refractivity contribution >= 4 is 9.84 Å². The first-order valence-corrected chi connectivity index (χ1v) is 8.30. The van der Waals surface area contributed by atoms with Gasteiger partial charge in [0.15, 0.2) is 9.84 Å². The molecule has 0 spiro atoms. The monoisotopic (exact) mass is 321 g/mol. The molecule has 0 aliphatic rings. The number of rotatable bonds is 6. The molecule has 0 fully saturated rings. The molecule has 1 atom stereocenters. The SMILES string of the molecule is COc1ccc(S(=O)(=O)[C@@H](CN)c2ccccc2OC)cc1. The molecule has 0 unspecified atom stereocenters. The minimum absolute atomic E-state index is 0.0330. The number of ether oxygens (including phenoxy) is 2. The Labute approximate surface area is 130 Å². The van der Waals surface area contributed by atoms with Gasteiger partial charge in [0.2, 0.25) is 0 Å². The molecule has 6 heteroatoms. The minimum Gasteiger partial charge on any atom is -0.497 e. The van der Waals surface area contributed by atoms with Crippen LogP contribution in [0.3, 0.4) is 0 Å². The first kappa shape index (κ1) is 16.3. The highest BCUT2D eigenvalue weighted by atomic mass is 32.2. The Hall–Kier alpha value is -2.05. The number of hydrogen-bond donors (Lipinski definition) is 1. The second-order valence-corrected chi connectivity index (χ2v) is 6.82. The van der Waals surface area contributed by atoms with Crippen LogP contribution in [0, 0.1) is 0 Å². The van der Waals surface area contributed by atoms with Crippen molar-refractivity contribution in [2.75, 3.05) is 20.8 Å². The summed E-state index contributed by atoms with van der Waals surface area (Å²) in [5.41, 5.74) is 6.31. The number of hydrogen-bond acceptors (Lipinski definition) is 5. The zero-order chi connectivity index (χ0) is 16.2. The third-order valence-electron chi connectivity index (χ3n) is 3.46. The Morgan fingerprint density at radius 2 is 1.64 bits per heavy atom. The summed E-state index contributed by atoms with van der Waals surface area (Å²) < 4.78 is 36.0. The molecule has 0 radical (unpaired) electrons. The highest BCUT2D eigenvalue weighted by Crippen LogP contribution is 2.34. The van der Waals surface area contributed by atoms with Crippen molar-refractivity contribution in [3.05, 3.63) is 54.1 Å². The normalized spacial score (nSPS) is 12.7. The van der Waals surface area contributed by atoms with E-state index >= 15 is 0 Å². The summed E-state index contributed by atoms with van der Waals surface area (Å²) in [7, 11) is -0.587. The maximum Gasteiger partial charge on any atom is 0.186 e. The van der Waals surface area contributed by atoms with Gasteiger partial charge in [-0.2, -0.15) is 0 Å². The van der Waals surface area contributed by atoms with Crippen LogP contribution in [-0.2, 0) is 9.84 Å². The standard InChI is InChI=1S/C16H19NO4S/c1-20-12-7-9-13(10-8-12)22(18,19)16(11-17)14-5-3-4-6-15(14)21-2/h3-10,16H,11,17H2,1-2H3/t16-/m0/s1. The zero-order valence-electron chi connectivity index (χ0n) is 12.5. The lowest BCUT2D eigenvalue weighted by molar-refractivity contribution is 0.408. The first-order chi connectivity index (χ1) is 10.5. The minimum atomic E-state index is -3.62. The molecule has 0 saturated carbocycles. The molecule has 2 N–H and O–H groups in total. The highest BCUT2D eigenvalue weighted by molar-refractivity contribution is 7.91. The van der Waals surface area contributed by atoms with Crippen LogP contribution in [0.25, 0.3) is 0 Å². The molecule has 0 aromatic heterocycles. The Morgan fingerprint density at radius 3 is 2.18 bits per heavy atom. The van der Waals surface area contributed by atoms with Crippen molar-refractivity contribution in [2.45, 2.75) is 10.1 Å². The zero-order valence-corrected chi connectivity index (χ0v) is 13.3. The summed E-state index contributed by atoms with van der Waals surface area (Å²) in [4.78, 5) is 0.203. The quantitative estimate of drug-likeness (QED) is 0.882. The van der Waals surface area contributed by atoms with Crippen LogP contribution in [0.15, 0.2) is 53.4 Å². The van der Waals surface area contributed by atoms with Crippen LogP contribution < -0.4 is 15.2 Å². The van der Waals surface area contributed by atoms with Gasteiger partial charge in [0, 0.05) is 12.1 Å². The third-order valence-corrected chi connectivity index (χ3v) is 5.59. The number of para-hydroxylation sites is 1. The smallest absolute Gasteiger partial charge is 0.186 e. The maximum atomic E-state index is 12.9. The molecule has 22 heavy (non-hydrogen) atoms. The molecule has 0 aliphatic heterocycles. The Bertz CT molecular complexity index is 726. The van der Waals surface area contributed by atoms with Crippen LogP contribution >= 0.6 is 0 Å². The lowest BCUT2D eigenvalue weighted by Crippen LogP contribution is -2.22. The van der Waals surface area contributed by atoms with Gasteiger partial charge in [-0.15, -0.1) is 0 Å². The van der Waals surface area contributed by atoms with E-state index in [9.17, 15) is 8.42 Å². The van der Waals surface area contributed by atoms with Gasteiger partial charge >= 0.3 is 0 Å². The topological polar surface area (TPSA) is 78.6 Å². The molecule has 0 saturated heterocycles. The van der Waals surface area contributed by atoms with Gasteiger partial charge in [0.25, 0.3) is 0 Å². The van der Waals surface area contributed by atoms with Gasteiger partial charge in [-0.1, -0.05) is 18.2 Å². The molecule has 0 amide bonds. The van der Waals surface area contributed by atoms with Gasteiger partial charge in [-0.05, 0) is 30.3 Å². The second kappa shape index (κ2) is 6.81. The van der Waals surface area contributed by atoms with Gasteiger partial charge in [0.1, 0.15) is 16.7 Å². The molecule has 2 aromatic carbocycles. The average molecular weight is 321 g/mol. The van der Waals surface area contributed by atoms with E-state index in [0.29, 0.717) is 17.1 Å². The van der Waals surface area contributed by atoms with Crippen LogP contribution in [0.1, 0.15) is 10.8 Å². The molecule has 5 nitrogen and oxygen atoms in total. The van der Waals surface area contributed by atoms with E-state index in [-0.39, 0.29) is 11.4 Å². The van der Waals surface area contributed by atoms with Gasteiger partial charge in [-0.3, -0.25) is 0 Å². The van der Waals surface area contributed by atoms with E-state index in [1.165, 1.54) is 26.4 Å². The largest absolute Gasteiger partial charge is 0.497 e. The van der Waals surface area contributed by atoms with Crippen molar-refractivity contribution in [2.24, 2.45) is 5.73 Å². The predicted octanol–water partition coefficient (Wildman–Crippen LogP) is 2.18. The molecule has 0 heterocycles. The van der Waals surface area contributed by atoms with Crippen molar-refractivity contribution < 1.29 is 17.9 Å². The van der Waals surface area contributed by atoms with Crippen molar-refractivity contribution in [3.8, 4) is 11.5 Å². The molecule has 2 aromatic rings. The molecular formula is C16H19NO4S. The highest BCUT2D eigenvalue weighted by Gasteiger charge is 2.30. The van der Waals surface area contributed by atoms with E-state index < -0.39 is 15.1 Å². The van der Waals surface area contributed by atoms with Gasteiger partial charge in [0.05, 0.1) is 19.1 Å². The van der Waals surface area contributed by atoms with Gasteiger partial charge in [-0.25, -0.2) is 8.42 Å². The fourth-order valence-electron chi connectivity index (χ4n) is 2.28. The molecular weight excluding hydrogens is 302 g/mol. The van der Waals surface area contributed by atoms with Crippen molar-refractivity contribution in [3.63, 3.8) is 0 Å². The van der Waals surface area contributed by atoms with Crippen molar-refractivity contribution in [1.29, 1.82) is 0 Å². The van der Waals surface area contributed by atoms with E-state index in [1.54, 1.807) is 36.4 Å². The van der Waals surface area contributed by atoms with Crippen LogP contribution in [0.5, 0.6) is 11.5 Å². The van der Waals surface area contributed by atoms with Crippen LogP contribution in [-0.4, -0.2) is 29.2 Å². The second-order valence-electron chi connectivity index (χ2n) is 4.69. The molecule has 0 aliphatic carbocycles. The number of methoxy groups -OCH3 is 2. The predicted molar refractivity (Wildman–Crippen MR) is 85.0 cm³/mol. The Balaban J connectivity index is 2.48. The summed E-state index contributed by atoms with van der Waals surface area (Å²) in [5.74, 6) is 1.11. The summed E-state index contributed by atoms with van der Waals surface area (Å²) >= 11 is 0. The number of nitrogens with two attached hydrogens (primary N) is 1. The summed E-state index contributed by atoms with van der Waals surface area (Å²) in [6.45, 7) is -0.0330. The van der Waals surface area contributed by atoms with E-state index in [0.717, 1.165) is 0 Å². The van der Waals surface area contributed by atoms with E-state index in [2.05, 4.69) is 0 Å². The van der Waals surface area contributed by atoms with E-state index in [1.807, 2.05) is 0 Å². The van der Waals surface area contributed by atoms with Crippen LogP contribution in [0.4, 0.5) is 0 Å². The fourth-order valence-corrected chi connectivity index (χ4v) is 3.91. The first-order valence-electron chi connectivity index (χ1n) is 6.75. The molecule has 2 rings (SSSR count).